The molecule has 0 amide bonds. The van der Waals surface area contributed by atoms with E-state index in [4.69, 9.17) is 9.84 Å². The molecule has 1 aromatic rings. The lowest BCUT2D eigenvalue weighted by Crippen LogP contribution is -2.30. The van der Waals surface area contributed by atoms with E-state index in [9.17, 15) is 14.4 Å². The van der Waals surface area contributed by atoms with Crippen LogP contribution in [0.15, 0.2) is 24.3 Å². The van der Waals surface area contributed by atoms with Crippen LogP contribution in [0.3, 0.4) is 0 Å². The minimum Gasteiger partial charge on any atom is -0.497 e. The zero-order chi connectivity index (χ0) is 13.0. The maximum Gasteiger partial charge on any atom is 0.373 e. The Bertz CT molecular complexity index is 451. The molecule has 0 saturated carbocycles. The molecule has 1 N–H and O–H groups in total. The molecule has 17 heavy (non-hydrogen) atoms. The van der Waals surface area contributed by atoms with Gasteiger partial charge in [0.15, 0.2) is 5.78 Å². The number of carbonyl (C=O) groups excluding carboxylic acids is 2. The second kappa shape index (κ2) is 5.58. The number of ether oxygens (including phenoxy) is 1. The lowest BCUT2D eigenvalue weighted by molar-refractivity contribution is -0.148. The molecule has 0 bridgehead atoms. The lowest BCUT2D eigenvalue weighted by atomic mass is 10.1. The summed E-state index contributed by atoms with van der Waals surface area (Å²) in [5.41, 5.74) is 0.238. The monoisotopic (exact) mass is 300 g/mol. The summed E-state index contributed by atoms with van der Waals surface area (Å²) in [6, 6.07) is 6.03. The van der Waals surface area contributed by atoms with E-state index in [-0.39, 0.29) is 5.56 Å². The first-order chi connectivity index (χ1) is 7.97. The number of ketones is 2. The Hall–Kier alpha value is -1.69. The summed E-state index contributed by atoms with van der Waals surface area (Å²) in [7, 11) is 1.48. The first kappa shape index (κ1) is 13.4. The van der Waals surface area contributed by atoms with Crippen LogP contribution in [0.4, 0.5) is 0 Å². The van der Waals surface area contributed by atoms with Crippen LogP contribution < -0.4 is 4.74 Å². The Morgan fingerprint density at radius 3 is 2.18 bits per heavy atom. The molecule has 0 saturated heterocycles. The third-order valence-corrected chi connectivity index (χ3v) is 2.88. The van der Waals surface area contributed by atoms with Gasteiger partial charge in [0.2, 0.25) is 0 Å². The number of aliphatic carboxylic acids is 1. The van der Waals surface area contributed by atoms with Gasteiger partial charge >= 0.3 is 5.97 Å². The zero-order valence-electron chi connectivity index (χ0n) is 8.84. The van der Waals surface area contributed by atoms with E-state index in [1.54, 1.807) is 12.1 Å². The molecule has 6 heteroatoms. The maximum atomic E-state index is 11.7. The Balaban J connectivity index is 2.88. The van der Waals surface area contributed by atoms with Crippen molar-refractivity contribution in [2.24, 2.45) is 0 Å². The molecule has 0 aliphatic rings. The number of carboxylic acid groups (broad SMARTS) is 1. The molecule has 0 aliphatic heterocycles. The fourth-order valence-corrected chi connectivity index (χ4v) is 1.59. The molecule has 5 nitrogen and oxygen atoms in total. The van der Waals surface area contributed by atoms with Crippen molar-refractivity contribution in [1.82, 2.24) is 0 Å². The molecule has 1 aromatic carbocycles. The standard InChI is InChI=1S/C11H9BrO5/c1-17-7-4-2-6(3-5-7)9(13)8(12)10(14)11(15)16/h2-5,8H,1H3,(H,15,16). The molecule has 0 aliphatic carbocycles. The van der Waals surface area contributed by atoms with Crippen molar-refractivity contribution in [1.29, 1.82) is 0 Å². The number of carbonyl (C=O) groups is 3. The summed E-state index contributed by atoms with van der Waals surface area (Å²) in [4.78, 5) is 31.9. The second-order valence-electron chi connectivity index (χ2n) is 3.12. The first-order valence-electron chi connectivity index (χ1n) is 4.57. The van der Waals surface area contributed by atoms with Crippen LogP contribution in [0.5, 0.6) is 5.75 Å². The molecule has 0 spiro atoms. The number of benzene rings is 1. The molecule has 1 unspecified atom stereocenters. The second-order valence-corrected chi connectivity index (χ2v) is 4.04. The van der Waals surface area contributed by atoms with Gasteiger partial charge in [-0.25, -0.2) is 4.79 Å². The molecule has 0 aromatic heterocycles. The van der Waals surface area contributed by atoms with E-state index in [0.29, 0.717) is 5.75 Å². The quantitative estimate of drug-likeness (QED) is 0.384. The van der Waals surface area contributed by atoms with Crippen molar-refractivity contribution in [3.05, 3.63) is 29.8 Å². The third kappa shape index (κ3) is 3.13. The van der Waals surface area contributed by atoms with E-state index >= 15 is 0 Å². The largest absolute Gasteiger partial charge is 0.497 e. The highest BCUT2D eigenvalue weighted by Crippen LogP contribution is 2.16. The molecular weight excluding hydrogens is 292 g/mol. The van der Waals surface area contributed by atoms with Gasteiger partial charge in [0.1, 0.15) is 10.6 Å². The van der Waals surface area contributed by atoms with Crippen molar-refractivity contribution in [3.8, 4) is 5.75 Å². The average Bonchev–Trinajstić information content (AvgIpc) is 2.36. The number of halogens is 1. The lowest BCUT2D eigenvalue weighted by Gasteiger charge is -2.06. The van der Waals surface area contributed by atoms with Gasteiger partial charge in [-0.2, -0.15) is 0 Å². The Morgan fingerprint density at radius 1 is 1.24 bits per heavy atom. The van der Waals surface area contributed by atoms with Crippen LogP contribution in [-0.2, 0) is 9.59 Å². The summed E-state index contributed by atoms with van der Waals surface area (Å²) in [6.07, 6.45) is 0. The normalized spacial score (nSPS) is 11.6. The summed E-state index contributed by atoms with van der Waals surface area (Å²) < 4.78 is 4.91. The van der Waals surface area contributed by atoms with Gasteiger partial charge in [0, 0.05) is 5.56 Å². The maximum absolute atomic E-state index is 11.7. The van der Waals surface area contributed by atoms with Gasteiger partial charge in [-0.05, 0) is 24.3 Å². The van der Waals surface area contributed by atoms with Crippen LogP contribution in [0.25, 0.3) is 0 Å². The van der Waals surface area contributed by atoms with Gasteiger partial charge in [-0.15, -0.1) is 0 Å². The van der Waals surface area contributed by atoms with Crippen molar-refractivity contribution < 1.29 is 24.2 Å². The van der Waals surface area contributed by atoms with Gasteiger partial charge in [0.05, 0.1) is 7.11 Å². The first-order valence-corrected chi connectivity index (χ1v) is 5.48. The van der Waals surface area contributed by atoms with Crippen LogP contribution >= 0.6 is 15.9 Å². The van der Waals surface area contributed by atoms with Gasteiger partial charge in [-0.3, -0.25) is 9.59 Å². The number of rotatable bonds is 5. The highest BCUT2D eigenvalue weighted by molar-refractivity contribution is 9.10. The van der Waals surface area contributed by atoms with Crippen LogP contribution in [0, 0.1) is 0 Å². The molecule has 90 valence electrons. The van der Waals surface area contributed by atoms with E-state index < -0.39 is 22.4 Å². The summed E-state index contributed by atoms with van der Waals surface area (Å²) in [5.74, 6) is -2.86. The number of carboxylic acids is 1. The van der Waals surface area contributed by atoms with Crippen LogP contribution in [0.2, 0.25) is 0 Å². The van der Waals surface area contributed by atoms with Crippen molar-refractivity contribution in [2.45, 2.75) is 4.83 Å². The van der Waals surface area contributed by atoms with E-state index in [2.05, 4.69) is 15.9 Å². The Labute approximate surface area is 106 Å². The fourth-order valence-electron chi connectivity index (χ4n) is 1.13. The molecule has 1 rings (SSSR count). The fraction of sp³-hybridized carbons (Fsp3) is 0.182. The van der Waals surface area contributed by atoms with E-state index in [1.165, 1.54) is 19.2 Å². The zero-order valence-corrected chi connectivity index (χ0v) is 10.4. The highest BCUT2D eigenvalue weighted by atomic mass is 79.9. The van der Waals surface area contributed by atoms with Crippen LogP contribution in [0.1, 0.15) is 10.4 Å². The van der Waals surface area contributed by atoms with Crippen molar-refractivity contribution >= 4 is 33.5 Å². The molecule has 0 fully saturated rings. The van der Waals surface area contributed by atoms with E-state index in [1.807, 2.05) is 0 Å². The van der Waals surface area contributed by atoms with Crippen molar-refractivity contribution in [3.63, 3.8) is 0 Å². The predicted molar refractivity (Wildman–Crippen MR) is 62.7 cm³/mol. The number of hydrogen-bond acceptors (Lipinski definition) is 4. The number of Topliss-reactive ketones (excluding diaryl/α,β-unsaturated/α-hetero) is 2. The highest BCUT2D eigenvalue weighted by Gasteiger charge is 2.29. The molecular formula is C11H9BrO5. The Kier molecular flexibility index (Phi) is 4.39. The average molecular weight is 301 g/mol. The summed E-state index contributed by atoms with van der Waals surface area (Å²) in [5, 5.41) is 8.48. The predicted octanol–water partition coefficient (Wildman–Crippen LogP) is 1.30. The molecule has 1 atom stereocenters. The van der Waals surface area contributed by atoms with E-state index in [0.717, 1.165) is 0 Å². The number of methoxy groups -OCH3 is 1. The molecule has 0 heterocycles. The summed E-state index contributed by atoms with van der Waals surface area (Å²) >= 11 is 2.77. The van der Waals surface area contributed by atoms with Gasteiger partial charge in [0.25, 0.3) is 5.78 Å². The topological polar surface area (TPSA) is 80.7 Å². The minimum atomic E-state index is -1.64. The van der Waals surface area contributed by atoms with Gasteiger partial charge < -0.3 is 9.84 Å². The van der Waals surface area contributed by atoms with Crippen LogP contribution in [-0.4, -0.2) is 34.6 Å². The third-order valence-electron chi connectivity index (χ3n) is 2.05. The minimum absolute atomic E-state index is 0.238. The van der Waals surface area contributed by atoms with Crippen molar-refractivity contribution in [2.75, 3.05) is 7.11 Å². The van der Waals surface area contributed by atoms with Gasteiger partial charge in [-0.1, -0.05) is 15.9 Å². The number of alkyl halides is 1. The SMILES string of the molecule is COc1ccc(C(=O)C(Br)C(=O)C(=O)O)cc1. The smallest absolute Gasteiger partial charge is 0.373 e. The summed E-state index contributed by atoms with van der Waals surface area (Å²) in [6.45, 7) is 0. The molecule has 0 radical (unpaired) electrons. The number of hydrogen-bond donors (Lipinski definition) is 1. The Morgan fingerprint density at radius 2 is 1.76 bits per heavy atom.